The van der Waals surface area contributed by atoms with Crippen LogP contribution in [0.5, 0.6) is 0 Å². The van der Waals surface area contributed by atoms with E-state index in [0.29, 0.717) is 55.9 Å². The number of halogens is 7. The minimum atomic E-state index is -5.05. The molecule has 2 aromatic rings. The quantitative estimate of drug-likeness (QED) is 0.324. The van der Waals surface area contributed by atoms with Gasteiger partial charge in [-0.3, -0.25) is 0 Å². The summed E-state index contributed by atoms with van der Waals surface area (Å²) in [5.41, 5.74) is -2.23. The van der Waals surface area contributed by atoms with E-state index in [-0.39, 0.29) is 28.5 Å². The molecule has 15 heteroatoms. The van der Waals surface area contributed by atoms with Gasteiger partial charge in [0.1, 0.15) is 24.9 Å². The molecular formula is C29H36F7N4O3S+. The van der Waals surface area contributed by atoms with Gasteiger partial charge in [-0.15, -0.1) is 0 Å². The highest BCUT2D eigenvalue weighted by atomic mass is 32.2. The Balaban J connectivity index is 1.72. The molecule has 2 amide bonds. The lowest BCUT2D eigenvalue weighted by atomic mass is 9.88. The molecule has 2 saturated heterocycles. The maximum Gasteiger partial charge on any atom is 0.416 e. The number of rotatable bonds is 5. The van der Waals surface area contributed by atoms with Crippen molar-refractivity contribution in [2.24, 2.45) is 0 Å². The molecule has 0 aromatic heterocycles. The molecule has 0 unspecified atom stereocenters. The number of amides is 2. The number of aryl methyl sites for hydroxylation is 1. The molecule has 0 saturated carbocycles. The number of hydrogen-bond donors (Lipinski definition) is 1. The number of sulfonamides is 1. The van der Waals surface area contributed by atoms with Gasteiger partial charge in [0.05, 0.1) is 29.5 Å². The summed E-state index contributed by atoms with van der Waals surface area (Å²) < 4.78 is 121. The first kappa shape index (κ1) is 34.0. The fourth-order valence-corrected chi connectivity index (χ4v) is 8.04. The Morgan fingerprint density at radius 1 is 1.02 bits per heavy atom. The zero-order valence-corrected chi connectivity index (χ0v) is 25.6. The predicted octanol–water partition coefficient (Wildman–Crippen LogP) is 5.87. The van der Waals surface area contributed by atoms with Crippen LogP contribution in [0.2, 0.25) is 0 Å². The molecule has 7 nitrogen and oxygen atoms in total. The van der Waals surface area contributed by atoms with Crippen molar-refractivity contribution in [2.45, 2.75) is 57.2 Å². The third-order valence-corrected chi connectivity index (χ3v) is 11.0. The van der Waals surface area contributed by atoms with Gasteiger partial charge in [-0.1, -0.05) is 6.07 Å². The molecule has 44 heavy (non-hydrogen) atoms. The smallest absolute Gasteiger partial charge is 0.321 e. The number of quaternary nitrogens is 1. The molecule has 2 aliphatic heterocycles. The van der Waals surface area contributed by atoms with Crippen molar-refractivity contribution in [1.29, 1.82) is 0 Å². The molecule has 0 spiro atoms. The molecular weight excluding hydrogens is 617 g/mol. The molecule has 2 fully saturated rings. The topological polar surface area (TPSA) is 69.7 Å². The lowest BCUT2D eigenvalue weighted by molar-refractivity contribution is -0.837. The highest BCUT2D eigenvalue weighted by Crippen LogP contribution is 2.42. The lowest BCUT2D eigenvalue weighted by Crippen LogP contribution is -2.68. The molecule has 0 bridgehead atoms. The van der Waals surface area contributed by atoms with Crippen molar-refractivity contribution >= 4 is 16.1 Å². The Kier molecular flexibility index (Phi) is 9.36. The van der Waals surface area contributed by atoms with Gasteiger partial charge in [0.15, 0.2) is 0 Å². The first-order valence-electron chi connectivity index (χ1n) is 14.1. The standard InChI is InChI=1S/C29H36F7N4O3S/c1-18-13-23(30)5-6-25(18)26-17-24(40(44(4,42)43)11-8-37-9-12-40)7-10-39(26)27(41)38(3)19(2)20-14-21(28(31,32)33)16-22(15-20)29(34,35)36/h5-6,13-16,19,24,26,37H,7-12,17H2,1-4H3/q+1/t19-,24+,26-/m1/s1. The van der Waals surface area contributed by atoms with Gasteiger partial charge in [0.25, 0.3) is 10.0 Å². The van der Waals surface area contributed by atoms with Gasteiger partial charge >= 0.3 is 18.4 Å². The van der Waals surface area contributed by atoms with Crippen molar-refractivity contribution in [1.82, 2.24) is 15.1 Å². The summed E-state index contributed by atoms with van der Waals surface area (Å²) in [6, 6.07) is 2.28. The van der Waals surface area contributed by atoms with Crippen LogP contribution in [-0.4, -0.2) is 80.2 Å². The number of likely N-dealkylation sites (tertiary alicyclic amines) is 1. The second-order valence-electron chi connectivity index (χ2n) is 11.7. The van der Waals surface area contributed by atoms with Gasteiger partial charge in [-0.25, -0.2) is 13.1 Å². The molecule has 2 aliphatic rings. The summed E-state index contributed by atoms with van der Waals surface area (Å²) >= 11 is 0. The summed E-state index contributed by atoms with van der Waals surface area (Å²) in [7, 11) is -2.31. The highest BCUT2D eigenvalue weighted by molar-refractivity contribution is 7.85. The van der Waals surface area contributed by atoms with Crippen molar-refractivity contribution in [3.63, 3.8) is 0 Å². The van der Waals surface area contributed by atoms with Gasteiger partial charge in [0.2, 0.25) is 0 Å². The van der Waals surface area contributed by atoms with Crippen LogP contribution in [-0.2, 0) is 22.4 Å². The molecule has 2 heterocycles. The Bertz CT molecular complexity index is 1460. The third kappa shape index (κ3) is 6.69. The van der Waals surface area contributed by atoms with E-state index in [4.69, 9.17) is 0 Å². The summed E-state index contributed by atoms with van der Waals surface area (Å²) in [5.74, 6) is -0.506. The molecule has 0 radical (unpaired) electrons. The van der Waals surface area contributed by atoms with Gasteiger partial charge < -0.3 is 15.1 Å². The van der Waals surface area contributed by atoms with E-state index >= 15 is 0 Å². The number of piperidine rings is 1. The first-order chi connectivity index (χ1) is 20.3. The second kappa shape index (κ2) is 12.1. The number of nitrogens with zero attached hydrogens (tertiary/aromatic N) is 3. The summed E-state index contributed by atoms with van der Waals surface area (Å²) in [5, 5.41) is 3.17. The van der Waals surface area contributed by atoms with Crippen LogP contribution in [0.25, 0.3) is 0 Å². The number of carbonyl (C=O) groups excluding carboxylic acids is 1. The first-order valence-corrected chi connectivity index (χ1v) is 16.0. The number of nitrogens with one attached hydrogen (secondary N) is 1. The third-order valence-electron chi connectivity index (χ3n) is 9.05. The Morgan fingerprint density at radius 3 is 2.09 bits per heavy atom. The molecule has 1 N–H and O–H groups in total. The molecule has 3 atom stereocenters. The fraction of sp³-hybridized carbons (Fsp3) is 0.552. The number of carbonyl (C=O) groups is 1. The summed E-state index contributed by atoms with van der Waals surface area (Å²) in [6.45, 7) is 4.66. The average Bonchev–Trinajstić information content (AvgIpc) is 2.94. The van der Waals surface area contributed by atoms with E-state index in [0.717, 1.165) is 4.90 Å². The monoisotopic (exact) mass is 653 g/mol. The second-order valence-corrected chi connectivity index (χ2v) is 13.9. The minimum absolute atomic E-state index is 0.0345. The van der Waals surface area contributed by atoms with Gasteiger partial charge in [-0.2, -0.15) is 34.8 Å². The Hall–Kier alpha value is -2.91. The maximum absolute atomic E-state index is 14.1. The van der Waals surface area contributed by atoms with Crippen LogP contribution in [0.15, 0.2) is 36.4 Å². The lowest BCUT2D eigenvalue weighted by Gasteiger charge is -2.50. The highest BCUT2D eigenvalue weighted by Gasteiger charge is 2.51. The van der Waals surface area contributed by atoms with Crippen molar-refractivity contribution < 1.29 is 47.8 Å². The van der Waals surface area contributed by atoms with Crippen LogP contribution in [0.1, 0.15) is 59.7 Å². The van der Waals surface area contributed by atoms with Crippen molar-refractivity contribution in [2.75, 3.05) is 46.0 Å². The van der Waals surface area contributed by atoms with E-state index < -0.39 is 63.5 Å². The normalized spacial score (nSPS) is 22.0. The molecule has 244 valence electrons. The van der Waals surface area contributed by atoms with Crippen LogP contribution >= 0.6 is 0 Å². The average molecular weight is 654 g/mol. The minimum Gasteiger partial charge on any atom is -0.321 e. The van der Waals surface area contributed by atoms with Crippen molar-refractivity contribution in [3.05, 3.63) is 70.0 Å². The SMILES string of the molecule is Cc1cc(F)ccc1[C@H]1C[C@@H]([N+]2(S(C)(=O)=O)CCNCC2)CCN1C(=O)N(C)[C@H](C)c1cc(C(F)(F)F)cc(C(F)(F)F)c1. The number of benzene rings is 2. The largest absolute Gasteiger partial charge is 0.416 e. The van der Waals surface area contributed by atoms with Crippen LogP contribution in [0, 0.1) is 12.7 Å². The number of urea groups is 1. The van der Waals surface area contributed by atoms with E-state index in [2.05, 4.69) is 5.32 Å². The number of alkyl halides is 6. The number of hydrogen-bond acceptors (Lipinski definition) is 4. The van der Waals surface area contributed by atoms with Crippen molar-refractivity contribution in [3.8, 4) is 0 Å². The molecule has 0 aliphatic carbocycles. The molecule has 2 aromatic carbocycles. The van der Waals surface area contributed by atoms with Crippen LogP contribution in [0.3, 0.4) is 0 Å². The Labute approximate surface area is 252 Å². The van der Waals surface area contributed by atoms with E-state index in [1.54, 1.807) is 6.92 Å². The summed E-state index contributed by atoms with van der Waals surface area (Å²) in [6.07, 6.45) is -8.41. The zero-order chi connectivity index (χ0) is 32.8. The number of piperazine rings is 1. The summed E-state index contributed by atoms with van der Waals surface area (Å²) in [4.78, 5) is 16.5. The molecule has 4 rings (SSSR count). The Morgan fingerprint density at radius 2 is 1.59 bits per heavy atom. The van der Waals surface area contributed by atoms with E-state index in [1.165, 1.54) is 43.3 Å². The van der Waals surface area contributed by atoms with Crippen LogP contribution < -0.4 is 5.32 Å². The van der Waals surface area contributed by atoms with Gasteiger partial charge in [-0.05, 0) is 60.9 Å². The predicted molar refractivity (Wildman–Crippen MR) is 149 cm³/mol. The van der Waals surface area contributed by atoms with E-state index in [1.807, 2.05) is 0 Å². The van der Waals surface area contributed by atoms with Gasteiger partial charge in [0, 0.05) is 39.5 Å². The maximum atomic E-state index is 14.1. The zero-order valence-electron chi connectivity index (χ0n) is 24.8. The fourth-order valence-electron chi connectivity index (χ4n) is 6.46. The van der Waals surface area contributed by atoms with E-state index in [9.17, 15) is 43.9 Å². The van der Waals surface area contributed by atoms with Crippen LogP contribution in [0.4, 0.5) is 35.5 Å².